The smallest absolute Gasteiger partial charge is 0.736 e. The fourth-order valence-electron chi connectivity index (χ4n) is 0. The first kappa shape index (κ1) is 25.8. The maximum Gasteiger partial charge on any atom is 1.00 e. The van der Waals surface area contributed by atoms with E-state index in [1.165, 1.54) is 0 Å². The molecule has 0 aliphatic rings. The van der Waals surface area contributed by atoms with E-state index >= 15 is 0 Å². The standard InChI is InChI=1S/H3N.Na.2H2O5S2/c;;2*1-6(2)7(3,4)5/h1H3;;2*(H,1,2)(H,3,4,5)/q;+1;;/p-1. The van der Waals surface area contributed by atoms with Crippen molar-refractivity contribution in [1.82, 2.24) is 6.15 Å². The van der Waals surface area contributed by atoms with Crippen LogP contribution in [0, 0.1) is 0 Å². The maximum absolute atomic E-state index is 9.34. The number of hydrogen-bond acceptors (Lipinski definition) is 8. The Bertz CT molecular complexity index is 374. The molecular formula is H6NNaO10S4. The average molecular weight is 331 g/mol. The van der Waals surface area contributed by atoms with Crippen molar-refractivity contribution >= 4 is 38.5 Å². The Labute approximate surface area is 117 Å². The SMILES string of the molecule is N.O=S(O)S(=O)(=O)O.O=S(O)S(=O)(=O)[O-].[Na+]. The van der Waals surface area contributed by atoms with Gasteiger partial charge >= 0.3 is 48.8 Å². The molecule has 2 atom stereocenters. The van der Waals surface area contributed by atoms with Crippen LogP contribution in [-0.4, -0.2) is 43.5 Å². The van der Waals surface area contributed by atoms with E-state index in [9.17, 15) is 29.8 Å². The molecule has 0 aliphatic heterocycles. The summed E-state index contributed by atoms with van der Waals surface area (Å²) in [5.74, 6) is 0. The fraction of sp³-hybridized carbons (Fsp3) is 0. The molecule has 0 aromatic rings. The molecule has 0 aromatic carbocycles. The molecule has 0 amide bonds. The minimum absolute atomic E-state index is 0. The summed E-state index contributed by atoms with van der Waals surface area (Å²) in [7, 11) is -16.1. The maximum atomic E-state index is 9.34. The Morgan fingerprint density at radius 2 is 1.06 bits per heavy atom. The molecule has 11 nitrogen and oxygen atoms in total. The summed E-state index contributed by atoms with van der Waals surface area (Å²) in [5.41, 5.74) is 0. The third-order valence-corrected chi connectivity index (χ3v) is 3.19. The molecule has 0 fully saturated rings. The van der Waals surface area contributed by atoms with Gasteiger partial charge in [0.2, 0.25) is 9.15 Å². The van der Waals surface area contributed by atoms with Crippen LogP contribution in [0.25, 0.3) is 0 Å². The molecule has 0 saturated heterocycles. The second-order valence-electron chi connectivity index (χ2n) is 1.27. The quantitative estimate of drug-likeness (QED) is 0.162. The van der Waals surface area contributed by atoms with Crippen LogP contribution < -0.4 is 35.7 Å². The van der Waals surface area contributed by atoms with Gasteiger partial charge in [0, 0.05) is 0 Å². The Kier molecular flexibility index (Phi) is 16.1. The zero-order valence-electron chi connectivity index (χ0n) is 7.54. The van der Waals surface area contributed by atoms with Gasteiger partial charge in [0.15, 0.2) is 0 Å². The average Bonchev–Trinajstić information content (AvgIpc) is 1.83. The van der Waals surface area contributed by atoms with Gasteiger partial charge in [0.1, 0.15) is 0 Å². The summed E-state index contributed by atoms with van der Waals surface area (Å²) in [6.07, 6.45) is 0. The molecule has 0 bridgehead atoms. The van der Waals surface area contributed by atoms with Crippen molar-refractivity contribution in [2.45, 2.75) is 0 Å². The zero-order valence-corrected chi connectivity index (χ0v) is 12.8. The van der Waals surface area contributed by atoms with E-state index in [1.54, 1.807) is 0 Å². The van der Waals surface area contributed by atoms with E-state index in [0.717, 1.165) is 0 Å². The minimum Gasteiger partial charge on any atom is -0.736 e. The molecule has 2 unspecified atom stereocenters. The van der Waals surface area contributed by atoms with Crippen LogP contribution in [0.4, 0.5) is 0 Å². The van der Waals surface area contributed by atoms with Crippen LogP contribution in [0.15, 0.2) is 0 Å². The third-order valence-electron chi connectivity index (χ3n) is 0.355. The van der Waals surface area contributed by atoms with Gasteiger partial charge in [-0.3, -0.25) is 13.7 Å². The molecule has 16 heteroatoms. The predicted octanol–water partition coefficient (Wildman–Crippen LogP) is -5.15. The minimum atomic E-state index is -4.96. The molecule has 0 aliphatic carbocycles. The normalized spacial score (nSPS) is 14.2. The summed E-state index contributed by atoms with van der Waals surface area (Å²) in [6, 6.07) is 0. The molecular weight excluding hydrogens is 325 g/mol. The summed E-state index contributed by atoms with van der Waals surface area (Å²) in [5, 5.41) is 0. The third kappa shape index (κ3) is 17.4. The summed E-state index contributed by atoms with van der Waals surface area (Å²) >= 11 is 0. The zero-order chi connectivity index (χ0) is 12.2. The van der Waals surface area contributed by atoms with E-state index in [2.05, 4.69) is 0 Å². The Morgan fingerprint density at radius 3 is 1.06 bits per heavy atom. The first-order chi connectivity index (χ1) is 5.89. The van der Waals surface area contributed by atoms with E-state index < -0.39 is 38.5 Å². The topological polar surface area (TPSA) is 221 Å². The Morgan fingerprint density at radius 1 is 0.938 bits per heavy atom. The van der Waals surface area contributed by atoms with Gasteiger partial charge in [-0.25, -0.2) is 16.8 Å². The van der Waals surface area contributed by atoms with Gasteiger partial charge in [-0.05, 0) is 0 Å². The van der Waals surface area contributed by atoms with Crippen LogP contribution in [0.3, 0.4) is 0 Å². The molecule has 96 valence electrons. The first-order valence-corrected chi connectivity index (χ1v) is 8.14. The number of rotatable bonds is 2. The van der Waals surface area contributed by atoms with E-state index in [0.29, 0.717) is 0 Å². The van der Waals surface area contributed by atoms with Crippen LogP contribution in [0.2, 0.25) is 0 Å². The predicted molar refractivity (Wildman–Crippen MR) is 47.8 cm³/mol. The van der Waals surface area contributed by atoms with Gasteiger partial charge in [0.05, 0.1) is 0 Å². The van der Waals surface area contributed by atoms with Crippen molar-refractivity contribution in [3.63, 3.8) is 0 Å². The molecule has 0 saturated carbocycles. The van der Waals surface area contributed by atoms with Crippen molar-refractivity contribution in [2.24, 2.45) is 0 Å². The summed E-state index contributed by atoms with van der Waals surface area (Å²) in [4.78, 5) is 0. The molecule has 0 heterocycles. The molecule has 0 aromatic heterocycles. The Balaban J connectivity index is -0.0000000800. The van der Waals surface area contributed by atoms with E-state index in [4.69, 9.17) is 13.7 Å². The second kappa shape index (κ2) is 9.97. The second-order valence-corrected chi connectivity index (χ2v) is 8.01. The largest absolute Gasteiger partial charge is 1.00 e. The molecule has 0 rings (SSSR count). The van der Waals surface area contributed by atoms with E-state index in [1.807, 2.05) is 0 Å². The first-order valence-electron chi connectivity index (χ1n) is 2.05. The molecule has 16 heavy (non-hydrogen) atoms. The van der Waals surface area contributed by atoms with E-state index in [-0.39, 0.29) is 35.7 Å². The number of hydrogen-bond donors (Lipinski definition) is 4. The van der Waals surface area contributed by atoms with Crippen LogP contribution in [0.5, 0.6) is 0 Å². The van der Waals surface area contributed by atoms with Crippen molar-refractivity contribution in [1.29, 1.82) is 0 Å². The van der Waals surface area contributed by atoms with Crippen molar-refractivity contribution in [3.05, 3.63) is 0 Å². The Hall–Kier alpha value is 1.000. The van der Waals surface area contributed by atoms with Gasteiger partial charge in [0.25, 0.3) is 10.1 Å². The van der Waals surface area contributed by atoms with Gasteiger partial charge in [-0.15, -0.1) is 0 Å². The fourth-order valence-corrected chi connectivity index (χ4v) is 0. The van der Waals surface area contributed by atoms with Crippen LogP contribution in [-0.2, 0) is 38.5 Å². The monoisotopic (exact) mass is 331 g/mol. The van der Waals surface area contributed by atoms with Crippen molar-refractivity contribution < 1.29 is 73.0 Å². The van der Waals surface area contributed by atoms with Crippen LogP contribution in [0.1, 0.15) is 0 Å². The molecule has 0 spiro atoms. The van der Waals surface area contributed by atoms with Gasteiger partial charge in [-0.2, -0.15) is 8.42 Å². The van der Waals surface area contributed by atoms with Gasteiger partial charge in [-0.1, -0.05) is 0 Å². The van der Waals surface area contributed by atoms with Crippen molar-refractivity contribution in [2.75, 3.05) is 0 Å². The van der Waals surface area contributed by atoms with Gasteiger partial charge < -0.3 is 10.7 Å². The van der Waals surface area contributed by atoms with Crippen LogP contribution >= 0.6 is 0 Å². The summed E-state index contributed by atoms with van der Waals surface area (Å²) in [6.45, 7) is 0. The molecule has 0 radical (unpaired) electrons. The summed E-state index contributed by atoms with van der Waals surface area (Å²) < 4.78 is 87.4. The molecule has 6 N–H and O–H groups in total. The van der Waals surface area contributed by atoms with Crippen molar-refractivity contribution in [3.8, 4) is 0 Å².